The maximum absolute atomic E-state index is 12.9. The lowest BCUT2D eigenvalue weighted by atomic mass is 10.1. The van der Waals surface area contributed by atoms with Crippen molar-refractivity contribution in [1.82, 2.24) is 0 Å². The number of nitrogens with two attached hydrogens (primary N) is 1. The first-order valence-corrected chi connectivity index (χ1v) is 5.97. The van der Waals surface area contributed by atoms with Crippen LogP contribution in [0.4, 0.5) is 21.5 Å². The molecule has 0 bridgehead atoms. The van der Waals surface area contributed by atoms with Crippen molar-refractivity contribution >= 4 is 23.0 Å². The lowest BCUT2D eigenvalue weighted by Crippen LogP contribution is -2.27. The van der Waals surface area contributed by atoms with E-state index in [0.29, 0.717) is 5.69 Å². The minimum absolute atomic E-state index is 0.119. The second kappa shape index (κ2) is 5.58. The van der Waals surface area contributed by atoms with E-state index < -0.39 is 16.6 Å². The molecule has 2 aromatic carbocycles. The number of benzene rings is 2. The molecule has 0 aliphatic carbocycles. The summed E-state index contributed by atoms with van der Waals surface area (Å²) >= 11 is 0. The molecule has 0 unspecified atom stereocenters. The first-order chi connectivity index (χ1) is 9.90. The molecule has 0 saturated carbocycles. The van der Waals surface area contributed by atoms with Gasteiger partial charge in [-0.15, -0.1) is 0 Å². The first-order valence-electron chi connectivity index (χ1n) is 5.97. The van der Waals surface area contributed by atoms with Gasteiger partial charge in [0, 0.05) is 24.5 Å². The Kier molecular flexibility index (Phi) is 3.84. The second-order valence-corrected chi connectivity index (χ2v) is 4.37. The Hall–Kier alpha value is -2.96. The van der Waals surface area contributed by atoms with Gasteiger partial charge in [-0.25, -0.2) is 4.39 Å². The zero-order chi connectivity index (χ0) is 15.6. The maximum atomic E-state index is 12.9. The number of anilines is 2. The third-order valence-electron chi connectivity index (χ3n) is 2.97. The average Bonchev–Trinajstić information content (AvgIpc) is 2.46. The Morgan fingerprint density at radius 3 is 2.43 bits per heavy atom. The number of nitro groups is 1. The Morgan fingerprint density at radius 2 is 1.86 bits per heavy atom. The van der Waals surface area contributed by atoms with Crippen molar-refractivity contribution in [3.8, 4) is 0 Å². The summed E-state index contributed by atoms with van der Waals surface area (Å²) < 4.78 is 12.9. The maximum Gasteiger partial charge on any atom is 0.282 e. The van der Waals surface area contributed by atoms with Crippen LogP contribution in [0.2, 0.25) is 0 Å². The highest BCUT2D eigenvalue weighted by atomic mass is 19.1. The number of nitrogens with zero attached hydrogens (tertiary/aromatic N) is 2. The first kappa shape index (κ1) is 14.4. The fourth-order valence-corrected chi connectivity index (χ4v) is 1.85. The molecule has 0 aromatic heterocycles. The average molecular weight is 289 g/mol. The summed E-state index contributed by atoms with van der Waals surface area (Å²) in [6.45, 7) is 0. The summed E-state index contributed by atoms with van der Waals surface area (Å²) in [5.74, 6) is -1.03. The number of hydrogen-bond donors (Lipinski definition) is 1. The zero-order valence-electron chi connectivity index (χ0n) is 11.1. The molecular formula is C14H12FN3O3. The van der Waals surface area contributed by atoms with Crippen molar-refractivity contribution in [3.05, 3.63) is 64.0 Å². The SMILES string of the molecule is CN(C(=O)c1cc(N)ccc1[N+](=O)[O-])c1ccc(F)cc1. The number of rotatable bonds is 3. The molecule has 6 nitrogen and oxygen atoms in total. The minimum atomic E-state index is -0.648. The van der Waals surface area contributed by atoms with Gasteiger partial charge in [-0.05, 0) is 36.4 Å². The monoisotopic (exact) mass is 289 g/mol. The lowest BCUT2D eigenvalue weighted by molar-refractivity contribution is -0.385. The molecule has 0 aliphatic heterocycles. The number of nitrogen functional groups attached to an aromatic ring is 1. The van der Waals surface area contributed by atoms with Gasteiger partial charge in [-0.3, -0.25) is 14.9 Å². The quantitative estimate of drug-likeness (QED) is 0.534. The number of carbonyl (C=O) groups is 1. The van der Waals surface area contributed by atoms with E-state index in [2.05, 4.69) is 0 Å². The van der Waals surface area contributed by atoms with Gasteiger partial charge in [0.2, 0.25) is 0 Å². The molecule has 0 spiro atoms. The Morgan fingerprint density at radius 1 is 1.24 bits per heavy atom. The smallest absolute Gasteiger partial charge is 0.282 e. The molecule has 0 aliphatic rings. The molecule has 0 saturated heterocycles. The van der Waals surface area contributed by atoms with Gasteiger partial charge in [-0.1, -0.05) is 0 Å². The highest BCUT2D eigenvalue weighted by Crippen LogP contribution is 2.24. The van der Waals surface area contributed by atoms with E-state index in [1.165, 1.54) is 54.4 Å². The fraction of sp³-hybridized carbons (Fsp3) is 0.0714. The van der Waals surface area contributed by atoms with Crippen LogP contribution in [0, 0.1) is 15.9 Å². The number of carbonyl (C=O) groups excluding carboxylic acids is 1. The molecule has 7 heteroatoms. The fourth-order valence-electron chi connectivity index (χ4n) is 1.85. The van der Waals surface area contributed by atoms with E-state index >= 15 is 0 Å². The number of halogens is 1. The molecule has 21 heavy (non-hydrogen) atoms. The number of amides is 1. The van der Waals surface area contributed by atoms with E-state index in [1.807, 2.05) is 0 Å². The van der Waals surface area contributed by atoms with Crippen molar-refractivity contribution in [1.29, 1.82) is 0 Å². The molecular weight excluding hydrogens is 277 g/mol. The topological polar surface area (TPSA) is 89.5 Å². The third-order valence-corrected chi connectivity index (χ3v) is 2.97. The van der Waals surface area contributed by atoms with Crippen molar-refractivity contribution in [2.45, 2.75) is 0 Å². The summed E-state index contributed by atoms with van der Waals surface area (Å²) in [7, 11) is 1.45. The number of hydrogen-bond acceptors (Lipinski definition) is 4. The van der Waals surface area contributed by atoms with Crippen molar-refractivity contribution in [2.24, 2.45) is 0 Å². The zero-order valence-corrected chi connectivity index (χ0v) is 11.1. The minimum Gasteiger partial charge on any atom is -0.399 e. The van der Waals surface area contributed by atoms with Crippen LogP contribution in [-0.4, -0.2) is 17.9 Å². The van der Waals surface area contributed by atoms with E-state index in [4.69, 9.17) is 5.73 Å². The van der Waals surface area contributed by atoms with Gasteiger partial charge in [0.15, 0.2) is 0 Å². The van der Waals surface area contributed by atoms with E-state index in [0.717, 1.165) is 0 Å². The van der Waals surface area contributed by atoms with E-state index in [1.54, 1.807) is 0 Å². The van der Waals surface area contributed by atoms with Gasteiger partial charge in [-0.2, -0.15) is 0 Å². The summed E-state index contributed by atoms with van der Waals surface area (Å²) in [5.41, 5.74) is 5.79. The van der Waals surface area contributed by atoms with Gasteiger partial charge in [0.25, 0.3) is 11.6 Å². The number of nitro benzene ring substituents is 1. The van der Waals surface area contributed by atoms with Crippen LogP contribution in [-0.2, 0) is 0 Å². The van der Waals surface area contributed by atoms with Gasteiger partial charge >= 0.3 is 0 Å². The van der Waals surface area contributed by atoms with E-state index in [9.17, 15) is 19.3 Å². The van der Waals surface area contributed by atoms with Crippen LogP contribution in [0.15, 0.2) is 42.5 Å². The highest BCUT2D eigenvalue weighted by Gasteiger charge is 2.23. The summed E-state index contributed by atoms with van der Waals surface area (Å²) in [4.78, 5) is 23.9. The van der Waals surface area contributed by atoms with Gasteiger partial charge in [0.1, 0.15) is 11.4 Å². The molecule has 108 valence electrons. The predicted octanol–water partition coefficient (Wildman–Crippen LogP) is 2.59. The van der Waals surface area contributed by atoms with Gasteiger partial charge in [0.05, 0.1) is 4.92 Å². The van der Waals surface area contributed by atoms with Crippen LogP contribution in [0.1, 0.15) is 10.4 Å². The molecule has 2 N–H and O–H groups in total. The molecule has 1 amide bonds. The summed E-state index contributed by atoms with van der Waals surface area (Å²) in [5, 5.41) is 11.0. The second-order valence-electron chi connectivity index (χ2n) is 4.37. The molecule has 0 atom stereocenters. The van der Waals surface area contributed by atoms with Crippen molar-refractivity contribution < 1.29 is 14.1 Å². The molecule has 0 heterocycles. The molecule has 2 rings (SSSR count). The van der Waals surface area contributed by atoms with Crippen LogP contribution < -0.4 is 10.6 Å². The Labute approximate surface area is 119 Å². The normalized spacial score (nSPS) is 10.2. The van der Waals surface area contributed by atoms with Crippen molar-refractivity contribution in [2.75, 3.05) is 17.7 Å². The largest absolute Gasteiger partial charge is 0.399 e. The standard InChI is InChI=1S/C14H12FN3O3/c1-17(11-5-2-9(15)3-6-11)14(19)12-8-10(16)4-7-13(12)18(20)21/h2-8H,16H2,1H3. The van der Waals surface area contributed by atoms with Crippen molar-refractivity contribution in [3.63, 3.8) is 0 Å². The third kappa shape index (κ3) is 2.97. The lowest BCUT2D eigenvalue weighted by Gasteiger charge is -2.17. The summed E-state index contributed by atoms with van der Waals surface area (Å²) in [6.07, 6.45) is 0. The Balaban J connectivity index is 2.41. The van der Waals surface area contributed by atoms with Gasteiger partial charge < -0.3 is 10.6 Å². The molecule has 0 radical (unpaired) electrons. The van der Waals surface area contributed by atoms with E-state index in [-0.39, 0.29) is 16.9 Å². The summed E-state index contributed by atoms with van der Waals surface area (Å²) in [6, 6.07) is 9.00. The molecule has 0 fully saturated rings. The highest BCUT2D eigenvalue weighted by molar-refractivity contribution is 6.08. The van der Waals surface area contributed by atoms with Crippen LogP contribution in [0.25, 0.3) is 0 Å². The molecule has 2 aromatic rings. The predicted molar refractivity (Wildman–Crippen MR) is 76.6 cm³/mol. The van der Waals surface area contributed by atoms with Crippen LogP contribution in [0.3, 0.4) is 0 Å². The van der Waals surface area contributed by atoms with Crippen LogP contribution in [0.5, 0.6) is 0 Å². The Bertz CT molecular complexity index is 701. The van der Waals surface area contributed by atoms with Crippen LogP contribution >= 0.6 is 0 Å².